The van der Waals surface area contributed by atoms with E-state index < -0.39 is 6.03 Å². The van der Waals surface area contributed by atoms with Crippen molar-refractivity contribution in [3.05, 3.63) is 18.2 Å². The standard InChI is InChI=1S/C16H21N3O4/c1-11-4-2-3-7-19(11)9-15(20)18-16(21)17-12-5-6-13-14(8-12)23-10-22-13/h5-6,8,11H,2-4,7,9-10H2,1H3,(H2,17,18,20,21)/p+1/t11-/m0/s1. The van der Waals surface area contributed by atoms with Gasteiger partial charge in [-0.05, 0) is 38.3 Å². The van der Waals surface area contributed by atoms with Crippen LogP contribution in [0.4, 0.5) is 10.5 Å². The van der Waals surface area contributed by atoms with Gasteiger partial charge in [-0.15, -0.1) is 0 Å². The molecule has 7 heteroatoms. The Morgan fingerprint density at radius 3 is 2.91 bits per heavy atom. The van der Waals surface area contributed by atoms with E-state index in [0.29, 0.717) is 29.8 Å². The second-order valence-electron chi connectivity index (χ2n) is 6.05. The number of amides is 3. The number of carbonyl (C=O) groups excluding carboxylic acids is 2. The van der Waals surface area contributed by atoms with Gasteiger partial charge in [-0.3, -0.25) is 10.1 Å². The summed E-state index contributed by atoms with van der Waals surface area (Å²) in [5, 5.41) is 5.02. The Hall–Kier alpha value is -2.28. The lowest BCUT2D eigenvalue weighted by Crippen LogP contribution is -3.17. The van der Waals surface area contributed by atoms with Crippen LogP contribution in [0.3, 0.4) is 0 Å². The lowest BCUT2D eigenvalue weighted by atomic mass is 10.0. The summed E-state index contributed by atoms with van der Waals surface area (Å²) in [5.41, 5.74) is 0.554. The number of likely N-dealkylation sites (tertiary alicyclic amines) is 1. The predicted molar refractivity (Wildman–Crippen MR) is 83.7 cm³/mol. The number of piperidine rings is 1. The van der Waals surface area contributed by atoms with E-state index in [1.54, 1.807) is 18.2 Å². The van der Waals surface area contributed by atoms with E-state index >= 15 is 0 Å². The fraction of sp³-hybridized carbons (Fsp3) is 0.500. The highest BCUT2D eigenvalue weighted by atomic mass is 16.7. The van der Waals surface area contributed by atoms with Gasteiger partial charge >= 0.3 is 6.03 Å². The quantitative estimate of drug-likeness (QED) is 0.758. The van der Waals surface area contributed by atoms with Crippen LogP contribution in [0.25, 0.3) is 0 Å². The van der Waals surface area contributed by atoms with Crippen molar-refractivity contribution in [3.8, 4) is 11.5 Å². The van der Waals surface area contributed by atoms with Crippen molar-refractivity contribution < 1.29 is 24.0 Å². The second-order valence-corrected chi connectivity index (χ2v) is 6.05. The largest absolute Gasteiger partial charge is 0.454 e. The molecule has 0 aliphatic carbocycles. The van der Waals surface area contributed by atoms with Crippen molar-refractivity contribution in [1.82, 2.24) is 5.32 Å². The average Bonchev–Trinajstić information content (AvgIpc) is 2.97. The Balaban J connectivity index is 1.49. The first-order valence-electron chi connectivity index (χ1n) is 7.97. The molecule has 0 radical (unpaired) electrons. The van der Waals surface area contributed by atoms with Gasteiger partial charge in [0.2, 0.25) is 6.79 Å². The highest BCUT2D eigenvalue weighted by molar-refractivity contribution is 6.01. The maximum Gasteiger partial charge on any atom is 0.326 e. The van der Waals surface area contributed by atoms with Crippen LogP contribution in [0.5, 0.6) is 11.5 Å². The number of urea groups is 1. The van der Waals surface area contributed by atoms with Gasteiger partial charge in [0, 0.05) is 11.8 Å². The fourth-order valence-corrected chi connectivity index (χ4v) is 3.03. The molecule has 2 aliphatic rings. The maximum atomic E-state index is 12.0. The Labute approximate surface area is 134 Å². The number of hydrogen-bond donors (Lipinski definition) is 3. The van der Waals surface area contributed by atoms with Gasteiger partial charge in [0.05, 0.1) is 12.6 Å². The molecule has 2 aliphatic heterocycles. The van der Waals surface area contributed by atoms with Crippen molar-refractivity contribution in [2.45, 2.75) is 32.2 Å². The van der Waals surface area contributed by atoms with E-state index in [1.807, 2.05) is 0 Å². The van der Waals surface area contributed by atoms with Crippen LogP contribution < -0.4 is 25.0 Å². The highest BCUT2D eigenvalue weighted by Gasteiger charge is 2.25. The summed E-state index contributed by atoms with van der Waals surface area (Å²) in [7, 11) is 0. The van der Waals surface area contributed by atoms with Crippen LogP contribution in [-0.4, -0.2) is 37.9 Å². The molecule has 0 saturated carbocycles. The van der Waals surface area contributed by atoms with E-state index in [0.717, 1.165) is 19.4 Å². The molecule has 3 rings (SSSR count). The average molecular weight is 320 g/mol. The predicted octanol–water partition coefficient (Wildman–Crippen LogP) is 0.521. The molecule has 0 spiro atoms. The van der Waals surface area contributed by atoms with E-state index in [-0.39, 0.29) is 12.7 Å². The van der Waals surface area contributed by atoms with Gasteiger partial charge < -0.3 is 19.7 Å². The number of fused-ring (bicyclic) bond motifs is 1. The third-order valence-corrected chi connectivity index (χ3v) is 4.35. The van der Waals surface area contributed by atoms with Crippen LogP contribution in [0.15, 0.2) is 18.2 Å². The van der Waals surface area contributed by atoms with Crippen molar-refractivity contribution in [3.63, 3.8) is 0 Å². The summed E-state index contributed by atoms with van der Waals surface area (Å²) in [6.45, 7) is 3.64. The fourth-order valence-electron chi connectivity index (χ4n) is 3.03. The Kier molecular flexibility index (Phi) is 4.66. The zero-order chi connectivity index (χ0) is 16.2. The molecule has 3 amide bonds. The number of carbonyl (C=O) groups is 2. The number of benzene rings is 1. The van der Waals surface area contributed by atoms with Gasteiger partial charge in [0.25, 0.3) is 5.91 Å². The number of nitrogens with one attached hydrogen (secondary N) is 3. The Morgan fingerprint density at radius 2 is 2.09 bits per heavy atom. The minimum Gasteiger partial charge on any atom is -0.454 e. The molecule has 1 unspecified atom stereocenters. The van der Waals surface area contributed by atoms with Gasteiger partial charge in [-0.25, -0.2) is 4.79 Å². The number of hydrogen-bond acceptors (Lipinski definition) is 4. The number of ether oxygens (including phenoxy) is 2. The first kappa shape index (κ1) is 15.6. The van der Waals surface area contributed by atoms with E-state index in [4.69, 9.17) is 9.47 Å². The van der Waals surface area contributed by atoms with E-state index in [9.17, 15) is 9.59 Å². The zero-order valence-corrected chi connectivity index (χ0v) is 13.2. The third-order valence-electron chi connectivity index (χ3n) is 4.35. The molecule has 0 bridgehead atoms. The summed E-state index contributed by atoms with van der Waals surface area (Å²) in [5.74, 6) is 0.974. The molecule has 124 valence electrons. The molecule has 7 nitrogen and oxygen atoms in total. The SMILES string of the molecule is C[C@H]1CCCC[NH+]1CC(=O)NC(=O)Nc1ccc2c(c1)OCO2. The maximum absolute atomic E-state index is 12.0. The molecule has 1 aromatic rings. The number of quaternary nitrogens is 1. The lowest BCUT2D eigenvalue weighted by Gasteiger charge is -2.29. The van der Waals surface area contributed by atoms with Gasteiger partial charge in [0.15, 0.2) is 18.0 Å². The molecule has 23 heavy (non-hydrogen) atoms. The smallest absolute Gasteiger partial charge is 0.326 e. The monoisotopic (exact) mass is 320 g/mol. The summed E-state index contributed by atoms with van der Waals surface area (Å²) in [4.78, 5) is 25.2. The number of anilines is 1. The van der Waals surface area contributed by atoms with Crippen molar-refractivity contribution >= 4 is 17.6 Å². The molecule has 2 atom stereocenters. The minimum atomic E-state index is -0.530. The lowest BCUT2D eigenvalue weighted by molar-refractivity contribution is -0.920. The minimum absolute atomic E-state index is 0.181. The Bertz CT molecular complexity index is 605. The second kappa shape index (κ2) is 6.87. The summed E-state index contributed by atoms with van der Waals surface area (Å²) in [6.07, 6.45) is 3.49. The molecular formula is C16H22N3O4+. The normalized spacial score (nSPS) is 22.5. The highest BCUT2D eigenvalue weighted by Crippen LogP contribution is 2.34. The van der Waals surface area contributed by atoms with Crippen LogP contribution in [0.2, 0.25) is 0 Å². The molecule has 2 heterocycles. The summed E-state index contributed by atoms with van der Waals surface area (Å²) < 4.78 is 10.5. The van der Waals surface area contributed by atoms with Crippen molar-refractivity contribution in [1.29, 1.82) is 0 Å². The third kappa shape index (κ3) is 3.92. The van der Waals surface area contributed by atoms with E-state index in [2.05, 4.69) is 17.6 Å². The molecule has 1 aromatic carbocycles. The Morgan fingerprint density at radius 1 is 1.26 bits per heavy atom. The molecule has 0 aromatic heterocycles. The van der Waals surface area contributed by atoms with Crippen LogP contribution in [0, 0.1) is 0 Å². The first-order valence-corrected chi connectivity index (χ1v) is 7.97. The molecule has 3 N–H and O–H groups in total. The first-order chi connectivity index (χ1) is 11.1. The summed E-state index contributed by atoms with van der Waals surface area (Å²) >= 11 is 0. The molecule has 1 fully saturated rings. The van der Waals surface area contributed by atoms with E-state index in [1.165, 1.54) is 11.3 Å². The van der Waals surface area contributed by atoms with Crippen LogP contribution in [0.1, 0.15) is 26.2 Å². The topological polar surface area (TPSA) is 81.1 Å². The van der Waals surface area contributed by atoms with Crippen molar-refractivity contribution in [2.24, 2.45) is 0 Å². The zero-order valence-electron chi connectivity index (χ0n) is 13.2. The molecular weight excluding hydrogens is 298 g/mol. The van der Waals surface area contributed by atoms with Crippen molar-refractivity contribution in [2.75, 3.05) is 25.2 Å². The summed E-state index contributed by atoms with van der Waals surface area (Å²) in [6, 6.07) is 5.03. The van der Waals surface area contributed by atoms with Crippen LogP contribution in [-0.2, 0) is 4.79 Å². The number of rotatable bonds is 3. The van der Waals surface area contributed by atoms with Gasteiger partial charge in [0.1, 0.15) is 0 Å². The molecule has 1 saturated heterocycles. The van der Waals surface area contributed by atoms with Crippen LogP contribution >= 0.6 is 0 Å². The number of imide groups is 1. The van der Waals surface area contributed by atoms with Gasteiger partial charge in [-0.2, -0.15) is 0 Å². The van der Waals surface area contributed by atoms with Gasteiger partial charge in [-0.1, -0.05) is 0 Å².